The van der Waals surface area contributed by atoms with Gasteiger partial charge in [-0.2, -0.15) is 0 Å². The highest BCUT2D eigenvalue weighted by molar-refractivity contribution is 7.85. The molecule has 1 aliphatic rings. The zero-order valence-corrected chi connectivity index (χ0v) is 10.8. The largest absolute Gasteiger partial charge is 0.314 e. The fraction of sp³-hybridized carbons (Fsp3) is 0.500. The second kappa shape index (κ2) is 6.06. The molecule has 1 aromatic carbocycles. The zero-order chi connectivity index (χ0) is 13.0. The number of hydrogen-bond acceptors (Lipinski definition) is 4. The second-order valence-corrected chi connectivity index (χ2v) is 5.95. The van der Waals surface area contributed by atoms with E-state index in [1.54, 1.807) is 12.1 Å². The van der Waals surface area contributed by atoms with E-state index in [9.17, 15) is 14.3 Å². The molecular formula is C12H16N2O3S. The minimum absolute atomic E-state index is 0.0335. The Kier molecular flexibility index (Phi) is 4.43. The van der Waals surface area contributed by atoms with Crippen molar-refractivity contribution in [1.29, 1.82) is 0 Å². The molecular weight excluding hydrogens is 252 g/mol. The number of rotatable bonds is 7. The highest BCUT2D eigenvalue weighted by Gasteiger charge is 2.19. The van der Waals surface area contributed by atoms with Gasteiger partial charge in [-0.3, -0.25) is 14.3 Å². The molecule has 0 heterocycles. The van der Waals surface area contributed by atoms with Crippen molar-refractivity contribution in [2.24, 2.45) is 0 Å². The fourth-order valence-electron chi connectivity index (χ4n) is 1.63. The number of nitrogens with one attached hydrogen (secondary N) is 1. The summed E-state index contributed by atoms with van der Waals surface area (Å²) in [4.78, 5) is 10.7. The lowest BCUT2D eigenvalue weighted by molar-refractivity contribution is -0.384. The predicted molar refractivity (Wildman–Crippen MR) is 70.0 cm³/mol. The molecule has 2 rings (SSSR count). The average molecular weight is 268 g/mol. The van der Waals surface area contributed by atoms with E-state index in [0.29, 0.717) is 16.7 Å². The van der Waals surface area contributed by atoms with Crippen LogP contribution in [0.2, 0.25) is 0 Å². The third-order valence-corrected chi connectivity index (χ3v) is 4.28. The summed E-state index contributed by atoms with van der Waals surface area (Å²) in [5.74, 6) is 0.595. The average Bonchev–Trinajstić information content (AvgIpc) is 3.18. The maximum Gasteiger partial charge on any atom is 0.269 e. The fourth-order valence-corrected chi connectivity index (χ4v) is 2.72. The van der Waals surface area contributed by atoms with E-state index in [-0.39, 0.29) is 5.69 Å². The van der Waals surface area contributed by atoms with Crippen LogP contribution >= 0.6 is 0 Å². The molecule has 1 atom stereocenters. The van der Waals surface area contributed by atoms with Crippen molar-refractivity contribution in [1.82, 2.24) is 5.32 Å². The molecule has 0 bridgehead atoms. The van der Waals surface area contributed by atoms with Crippen LogP contribution in [0.4, 0.5) is 5.69 Å². The molecule has 0 spiro atoms. The summed E-state index contributed by atoms with van der Waals surface area (Å²) in [6.45, 7) is 0.892. The van der Waals surface area contributed by atoms with E-state index in [0.717, 1.165) is 13.0 Å². The second-order valence-electron chi connectivity index (χ2n) is 4.38. The quantitative estimate of drug-likeness (QED) is 0.465. The van der Waals surface area contributed by atoms with Crippen LogP contribution in [0.5, 0.6) is 0 Å². The molecule has 0 amide bonds. The lowest BCUT2D eigenvalue weighted by Gasteiger charge is -2.03. The molecule has 0 saturated heterocycles. The Morgan fingerprint density at radius 2 is 2.00 bits per heavy atom. The first-order chi connectivity index (χ1) is 8.66. The van der Waals surface area contributed by atoms with Gasteiger partial charge in [0.1, 0.15) is 0 Å². The Hall–Kier alpha value is -1.27. The van der Waals surface area contributed by atoms with Crippen LogP contribution in [-0.2, 0) is 10.8 Å². The molecule has 5 nitrogen and oxygen atoms in total. The number of nitrogens with zero attached hydrogens (tertiary/aromatic N) is 1. The van der Waals surface area contributed by atoms with E-state index in [1.807, 2.05) is 0 Å². The van der Waals surface area contributed by atoms with Gasteiger partial charge in [0.2, 0.25) is 0 Å². The van der Waals surface area contributed by atoms with E-state index >= 15 is 0 Å². The van der Waals surface area contributed by atoms with E-state index in [2.05, 4.69) is 5.32 Å². The van der Waals surface area contributed by atoms with Crippen molar-refractivity contribution in [3.05, 3.63) is 34.4 Å². The van der Waals surface area contributed by atoms with Crippen molar-refractivity contribution in [2.45, 2.75) is 30.2 Å². The first-order valence-corrected chi connectivity index (χ1v) is 7.35. The van der Waals surface area contributed by atoms with Gasteiger partial charge >= 0.3 is 0 Å². The molecule has 1 fully saturated rings. The molecule has 0 aromatic heterocycles. The van der Waals surface area contributed by atoms with Gasteiger partial charge in [0.25, 0.3) is 5.69 Å². The van der Waals surface area contributed by atoms with Gasteiger partial charge in [0, 0.05) is 28.8 Å². The van der Waals surface area contributed by atoms with Gasteiger partial charge in [-0.15, -0.1) is 0 Å². The number of nitro groups is 1. The third-order valence-electron chi connectivity index (χ3n) is 2.83. The Morgan fingerprint density at radius 3 is 2.56 bits per heavy atom. The zero-order valence-electron chi connectivity index (χ0n) is 10.0. The standard InChI is InChI=1S/C12H16N2O3S/c15-14(16)11-4-6-12(7-5-11)18(17)9-1-8-13-10-2-3-10/h4-7,10,13H,1-3,8-9H2. The summed E-state index contributed by atoms with van der Waals surface area (Å²) in [6.07, 6.45) is 3.37. The Labute approximate surface area is 108 Å². The van der Waals surface area contributed by atoms with Crippen molar-refractivity contribution >= 4 is 16.5 Å². The predicted octanol–water partition coefficient (Wildman–Crippen LogP) is 1.84. The highest BCUT2D eigenvalue weighted by atomic mass is 32.2. The first-order valence-electron chi connectivity index (χ1n) is 6.03. The topological polar surface area (TPSA) is 72.2 Å². The summed E-state index contributed by atoms with van der Waals surface area (Å²) in [6, 6.07) is 6.62. The molecule has 1 N–H and O–H groups in total. The van der Waals surface area contributed by atoms with Crippen molar-refractivity contribution in [3.63, 3.8) is 0 Å². The molecule has 1 saturated carbocycles. The molecule has 0 aliphatic heterocycles. The monoisotopic (exact) mass is 268 g/mol. The minimum Gasteiger partial charge on any atom is -0.314 e. The van der Waals surface area contributed by atoms with Gasteiger partial charge in [0.05, 0.1) is 15.7 Å². The van der Waals surface area contributed by atoms with Gasteiger partial charge in [0.15, 0.2) is 0 Å². The van der Waals surface area contributed by atoms with Gasteiger partial charge < -0.3 is 5.32 Å². The SMILES string of the molecule is O=[N+]([O-])c1ccc(S(=O)CCCNC2CC2)cc1. The first kappa shape index (κ1) is 13.2. The number of non-ortho nitro benzene ring substituents is 1. The number of benzene rings is 1. The summed E-state index contributed by atoms with van der Waals surface area (Å²) < 4.78 is 11.9. The maximum atomic E-state index is 11.9. The maximum absolute atomic E-state index is 11.9. The lowest BCUT2D eigenvalue weighted by Crippen LogP contribution is -2.19. The van der Waals surface area contributed by atoms with Gasteiger partial charge in [-0.05, 0) is 37.9 Å². The summed E-state index contributed by atoms with van der Waals surface area (Å²) in [5.41, 5.74) is 0.0335. The van der Waals surface area contributed by atoms with Crippen LogP contribution in [0, 0.1) is 10.1 Å². The van der Waals surface area contributed by atoms with Crippen LogP contribution in [-0.4, -0.2) is 27.5 Å². The van der Waals surface area contributed by atoms with Crippen molar-refractivity contribution in [2.75, 3.05) is 12.3 Å². The Morgan fingerprint density at radius 1 is 1.33 bits per heavy atom. The van der Waals surface area contributed by atoms with E-state index in [1.165, 1.54) is 25.0 Å². The van der Waals surface area contributed by atoms with E-state index in [4.69, 9.17) is 0 Å². The third kappa shape index (κ3) is 3.89. The molecule has 0 radical (unpaired) electrons. The molecule has 98 valence electrons. The minimum atomic E-state index is -1.06. The van der Waals surface area contributed by atoms with Crippen molar-refractivity contribution < 1.29 is 9.13 Å². The Bertz CT molecular complexity index is 443. The highest BCUT2D eigenvalue weighted by Crippen LogP contribution is 2.18. The van der Waals surface area contributed by atoms with Gasteiger partial charge in [-0.25, -0.2) is 0 Å². The summed E-state index contributed by atoms with van der Waals surface area (Å²) >= 11 is 0. The number of nitro benzene ring substituents is 1. The molecule has 18 heavy (non-hydrogen) atoms. The number of hydrogen-bond donors (Lipinski definition) is 1. The smallest absolute Gasteiger partial charge is 0.269 e. The van der Waals surface area contributed by atoms with Crippen LogP contribution in [0.25, 0.3) is 0 Å². The summed E-state index contributed by atoms with van der Waals surface area (Å²) in [5, 5.41) is 13.8. The molecule has 1 aromatic rings. The Balaban J connectivity index is 1.78. The van der Waals surface area contributed by atoms with Gasteiger partial charge in [-0.1, -0.05) is 0 Å². The molecule has 1 aliphatic carbocycles. The van der Waals surface area contributed by atoms with Crippen LogP contribution in [0.15, 0.2) is 29.2 Å². The molecule has 6 heteroatoms. The van der Waals surface area contributed by atoms with Crippen LogP contribution in [0.1, 0.15) is 19.3 Å². The van der Waals surface area contributed by atoms with Crippen molar-refractivity contribution in [3.8, 4) is 0 Å². The lowest BCUT2D eigenvalue weighted by atomic mass is 10.3. The van der Waals surface area contributed by atoms with Crippen LogP contribution in [0.3, 0.4) is 0 Å². The summed E-state index contributed by atoms with van der Waals surface area (Å²) in [7, 11) is -1.06. The van der Waals surface area contributed by atoms with Crippen LogP contribution < -0.4 is 5.32 Å². The normalized spacial score (nSPS) is 16.4. The van der Waals surface area contributed by atoms with E-state index < -0.39 is 15.7 Å². The molecule has 1 unspecified atom stereocenters.